The molecule has 0 aromatic rings. The maximum absolute atomic E-state index is 2.30. The summed E-state index contributed by atoms with van der Waals surface area (Å²) >= 11 is 0. The molecule has 0 radical (unpaired) electrons. The smallest absolute Gasteiger partial charge is 0.0967 e. The fourth-order valence-corrected chi connectivity index (χ4v) is 0.831. The van der Waals surface area contributed by atoms with Gasteiger partial charge in [-0.15, -0.1) is 0 Å². The minimum Gasteiger partial charge on any atom is -1.00 e. The Labute approximate surface area is 83.5 Å². The highest BCUT2D eigenvalue weighted by Gasteiger charge is 2.00. The van der Waals surface area contributed by atoms with Crippen LogP contribution in [0.5, 0.6) is 0 Å². The van der Waals surface area contributed by atoms with Gasteiger partial charge in [0.1, 0.15) is 0 Å². The van der Waals surface area contributed by atoms with Gasteiger partial charge in [-0.2, -0.15) is 0 Å². The average molecular weight is 192 g/mol. The molecule has 0 aliphatic carbocycles. The Morgan fingerprint density at radius 3 is 2.08 bits per heavy atom. The van der Waals surface area contributed by atoms with E-state index in [-0.39, 0.29) is 12.4 Å². The molecule has 0 spiro atoms. The third-order valence-corrected chi connectivity index (χ3v) is 1.54. The van der Waals surface area contributed by atoms with Gasteiger partial charge in [-0.05, 0) is 12.5 Å². The third-order valence-electron chi connectivity index (χ3n) is 1.54. The van der Waals surface area contributed by atoms with Crippen molar-refractivity contribution in [3.63, 3.8) is 0 Å². The van der Waals surface area contributed by atoms with E-state index < -0.39 is 0 Å². The average Bonchev–Trinajstić information content (AvgIpc) is 1.85. The zero-order chi connectivity index (χ0) is 8.74. The molecule has 0 aromatic carbocycles. The van der Waals surface area contributed by atoms with Gasteiger partial charge < -0.3 is 16.9 Å². The molecule has 2 heteroatoms. The second kappa shape index (κ2) is 7.63. The van der Waals surface area contributed by atoms with E-state index >= 15 is 0 Å². The van der Waals surface area contributed by atoms with Crippen LogP contribution in [-0.2, 0) is 0 Å². The van der Waals surface area contributed by atoms with Crippen LogP contribution in [-0.4, -0.2) is 32.2 Å². The zero-order valence-electron chi connectivity index (χ0n) is 8.81. The molecule has 0 atom stereocenters. The van der Waals surface area contributed by atoms with Gasteiger partial charge in [0.25, 0.3) is 0 Å². The molecule has 0 bridgehead atoms. The standard InChI is InChI=1S/C10H22N.ClH/c1-5-6-7-8-9-10-11(2,3)4;/h8-9H,5-7,10H2,1-4H3;1H/q+1;/p-1/b9-8+;. The lowest BCUT2D eigenvalue weighted by Crippen LogP contribution is -3.00. The molecule has 0 amide bonds. The van der Waals surface area contributed by atoms with Gasteiger partial charge in [-0.1, -0.05) is 25.8 Å². The summed E-state index contributed by atoms with van der Waals surface area (Å²) in [4.78, 5) is 0. The Bertz CT molecular complexity index is 113. The van der Waals surface area contributed by atoms with Crippen molar-refractivity contribution in [3.05, 3.63) is 12.2 Å². The predicted octanol–water partition coefficient (Wildman–Crippen LogP) is -0.557. The highest BCUT2D eigenvalue weighted by Crippen LogP contribution is 1.96. The molecule has 0 rings (SSSR count). The van der Waals surface area contributed by atoms with E-state index in [1.54, 1.807) is 0 Å². The van der Waals surface area contributed by atoms with Crippen molar-refractivity contribution in [2.45, 2.75) is 26.2 Å². The molecule has 0 fully saturated rings. The van der Waals surface area contributed by atoms with Crippen molar-refractivity contribution >= 4 is 0 Å². The first-order chi connectivity index (χ1) is 5.06. The van der Waals surface area contributed by atoms with Gasteiger partial charge in [-0.3, -0.25) is 0 Å². The van der Waals surface area contributed by atoms with Crippen LogP contribution in [0.3, 0.4) is 0 Å². The predicted molar refractivity (Wildman–Crippen MR) is 51.6 cm³/mol. The van der Waals surface area contributed by atoms with Gasteiger partial charge in [0.15, 0.2) is 0 Å². The molecule has 0 unspecified atom stereocenters. The lowest BCUT2D eigenvalue weighted by atomic mass is 10.2. The number of halogens is 1. The minimum absolute atomic E-state index is 0. The van der Waals surface area contributed by atoms with E-state index in [9.17, 15) is 0 Å². The van der Waals surface area contributed by atoms with Gasteiger partial charge in [0.05, 0.1) is 27.7 Å². The summed E-state index contributed by atoms with van der Waals surface area (Å²) in [6.45, 7) is 3.37. The molecule has 12 heavy (non-hydrogen) atoms. The van der Waals surface area contributed by atoms with Gasteiger partial charge in [-0.25, -0.2) is 0 Å². The Kier molecular flexibility index (Phi) is 9.23. The molecule has 0 aromatic heterocycles. The van der Waals surface area contributed by atoms with Crippen molar-refractivity contribution in [3.8, 4) is 0 Å². The molecule has 1 nitrogen and oxygen atoms in total. The highest BCUT2D eigenvalue weighted by molar-refractivity contribution is 4.80. The fourth-order valence-electron chi connectivity index (χ4n) is 0.831. The van der Waals surface area contributed by atoms with Crippen LogP contribution in [0.1, 0.15) is 26.2 Å². The van der Waals surface area contributed by atoms with Crippen LogP contribution in [0.2, 0.25) is 0 Å². The van der Waals surface area contributed by atoms with E-state index in [0.29, 0.717) is 0 Å². The zero-order valence-corrected chi connectivity index (χ0v) is 9.56. The monoisotopic (exact) mass is 191 g/mol. The lowest BCUT2D eigenvalue weighted by Gasteiger charge is -2.21. The Morgan fingerprint density at radius 2 is 1.67 bits per heavy atom. The van der Waals surface area contributed by atoms with Crippen molar-refractivity contribution in [1.29, 1.82) is 0 Å². The molecular formula is C10H22ClN. The first-order valence-electron chi connectivity index (χ1n) is 4.51. The Morgan fingerprint density at radius 1 is 1.08 bits per heavy atom. The number of nitrogens with zero attached hydrogens (tertiary/aromatic N) is 1. The first-order valence-corrected chi connectivity index (χ1v) is 4.51. The Hall–Kier alpha value is -0.0100. The number of allylic oxidation sites excluding steroid dienone is 1. The number of hydrogen-bond donors (Lipinski definition) is 0. The lowest BCUT2D eigenvalue weighted by molar-refractivity contribution is -0.864. The van der Waals surface area contributed by atoms with E-state index in [2.05, 4.69) is 40.2 Å². The van der Waals surface area contributed by atoms with E-state index in [1.165, 1.54) is 19.3 Å². The second-order valence-electron chi connectivity index (χ2n) is 4.09. The number of likely N-dealkylation sites (N-methyl/N-ethyl adjacent to an activating group) is 1. The molecule has 74 valence electrons. The van der Waals surface area contributed by atoms with Crippen LogP contribution in [0.4, 0.5) is 0 Å². The summed E-state index contributed by atoms with van der Waals surface area (Å²) in [5.41, 5.74) is 0. The van der Waals surface area contributed by atoms with Crippen molar-refractivity contribution in [1.82, 2.24) is 0 Å². The summed E-state index contributed by atoms with van der Waals surface area (Å²) in [6, 6.07) is 0. The maximum atomic E-state index is 2.30. The van der Waals surface area contributed by atoms with Crippen molar-refractivity contribution < 1.29 is 16.9 Å². The summed E-state index contributed by atoms with van der Waals surface area (Å²) in [6.07, 6.45) is 8.46. The molecule has 0 heterocycles. The van der Waals surface area contributed by atoms with Gasteiger partial charge in [0.2, 0.25) is 0 Å². The van der Waals surface area contributed by atoms with Crippen molar-refractivity contribution in [2.75, 3.05) is 27.7 Å². The van der Waals surface area contributed by atoms with E-state index in [1.807, 2.05) is 0 Å². The SMILES string of the molecule is CCCC/C=C/C[N+](C)(C)C.[Cl-]. The minimum atomic E-state index is 0. The van der Waals surface area contributed by atoms with Gasteiger partial charge >= 0.3 is 0 Å². The largest absolute Gasteiger partial charge is 1.00 e. The molecule has 0 saturated carbocycles. The molecular weight excluding hydrogens is 170 g/mol. The Balaban J connectivity index is 0. The van der Waals surface area contributed by atoms with Crippen LogP contribution < -0.4 is 12.4 Å². The normalized spacial score (nSPS) is 11.7. The number of hydrogen-bond acceptors (Lipinski definition) is 0. The van der Waals surface area contributed by atoms with Crippen LogP contribution in [0, 0.1) is 0 Å². The molecule has 0 N–H and O–H groups in total. The topological polar surface area (TPSA) is 0 Å². The quantitative estimate of drug-likeness (QED) is 0.311. The second-order valence-corrected chi connectivity index (χ2v) is 4.09. The maximum Gasteiger partial charge on any atom is 0.0967 e. The van der Waals surface area contributed by atoms with Gasteiger partial charge in [0, 0.05) is 0 Å². The van der Waals surface area contributed by atoms with Crippen LogP contribution in [0.15, 0.2) is 12.2 Å². The third kappa shape index (κ3) is 12.6. The molecule has 0 aliphatic heterocycles. The van der Waals surface area contributed by atoms with Crippen LogP contribution in [0.25, 0.3) is 0 Å². The summed E-state index contributed by atoms with van der Waals surface area (Å²) in [7, 11) is 6.64. The fraction of sp³-hybridized carbons (Fsp3) is 0.800. The number of rotatable bonds is 5. The first kappa shape index (κ1) is 14.5. The highest BCUT2D eigenvalue weighted by atomic mass is 35.5. The van der Waals surface area contributed by atoms with E-state index in [4.69, 9.17) is 0 Å². The van der Waals surface area contributed by atoms with Crippen molar-refractivity contribution in [2.24, 2.45) is 0 Å². The van der Waals surface area contributed by atoms with Crippen LogP contribution >= 0.6 is 0 Å². The molecule has 0 saturated heterocycles. The number of unbranched alkanes of at least 4 members (excludes halogenated alkanes) is 2. The summed E-state index contributed by atoms with van der Waals surface area (Å²) in [5, 5.41) is 0. The summed E-state index contributed by atoms with van der Waals surface area (Å²) < 4.78 is 1.03. The number of quaternary nitrogens is 1. The molecule has 0 aliphatic rings. The van der Waals surface area contributed by atoms with E-state index in [0.717, 1.165) is 11.0 Å². The summed E-state index contributed by atoms with van der Waals surface area (Å²) in [5.74, 6) is 0.